The summed E-state index contributed by atoms with van der Waals surface area (Å²) in [6, 6.07) is 4.92. The lowest BCUT2D eigenvalue weighted by Gasteiger charge is -2.11. The molecule has 0 saturated heterocycles. The maximum Gasteiger partial charge on any atom is 0.238 e. The van der Waals surface area contributed by atoms with Gasteiger partial charge in [0.15, 0.2) is 0 Å². The summed E-state index contributed by atoms with van der Waals surface area (Å²) < 4.78 is 24.4. The quantitative estimate of drug-likeness (QED) is 0.843. The molecule has 0 aliphatic rings. The van der Waals surface area contributed by atoms with Gasteiger partial charge in [-0.15, -0.1) is 5.10 Å². The van der Waals surface area contributed by atoms with Gasteiger partial charge in [-0.3, -0.25) is 4.68 Å². The molecule has 1 aromatic carbocycles. The predicted octanol–water partition coefficient (Wildman–Crippen LogP) is 0.383. The van der Waals surface area contributed by atoms with Crippen LogP contribution >= 0.6 is 0 Å². The molecular weight excluding hydrogens is 266 g/mol. The standard InChI is InChI=1S/C11H15N5O2S/c1-8-10(4-3-5-11(8)19(12,17)18)13-6-9-7-16(2)15-14-9/h3-5,7,13H,6H2,1-2H3,(H2,12,17,18). The van der Waals surface area contributed by atoms with Gasteiger partial charge in [0.25, 0.3) is 0 Å². The van der Waals surface area contributed by atoms with E-state index in [9.17, 15) is 8.42 Å². The first-order valence-corrected chi connectivity index (χ1v) is 7.14. The summed E-state index contributed by atoms with van der Waals surface area (Å²) in [6.45, 7) is 2.17. The number of hydrogen-bond acceptors (Lipinski definition) is 5. The SMILES string of the molecule is Cc1c(NCc2cn(C)nn2)cccc1S(N)(=O)=O. The van der Waals surface area contributed by atoms with Crippen molar-refractivity contribution in [1.82, 2.24) is 15.0 Å². The Kier molecular flexibility index (Phi) is 3.54. The monoisotopic (exact) mass is 281 g/mol. The third-order valence-electron chi connectivity index (χ3n) is 2.70. The minimum absolute atomic E-state index is 0.122. The van der Waals surface area contributed by atoms with E-state index in [-0.39, 0.29) is 4.90 Å². The molecule has 0 unspecified atom stereocenters. The van der Waals surface area contributed by atoms with Crippen molar-refractivity contribution >= 4 is 15.7 Å². The summed E-state index contributed by atoms with van der Waals surface area (Å²) in [7, 11) is -1.93. The molecule has 0 spiro atoms. The molecule has 0 amide bonds. The molecule has 1 aromatic heterocycles. The Morgan fingerprint density at radius 2 is 2.16 bits per heavy atom. The van der Waals surface area contributed by atoms with Gasteiger partial charge in [0.2, 0.25) is 10.0 Å². The Balaban J connectivity index is 2.22. The summed E-state index contributed by atoms with van der Waals surface area (Å²) in [4.78, 5) is 0.122. The van der Waals surface area contributed by atoms with Gasteiger partial charge in [0.05, 0.1) is 11.4 Å². The van der Waals surface area contributed by atoms with E-state index in [1.807, 2.05) is 0 Å². The molecule has 7 nitrogen and oxygen atoms in total. The number of anilines is 1. The number of rotatable bonds is 4. The molecule has 102 valence electrons. The fraction of sp³-hybridized carbons (Fsp3) is 0.273. The largest absolute Gasteiger partial charge is 0.379 e. The van der Waals surface area contributed by atoms with Crippen LogP contribution in [-0.4, -0.2) is 23.4 Å². The van der Waals surface area contributed by atoms with Crippen molar-refractivity contribution in [1.29, 1.82) is 0 Å². The van der Waals surface area contributed by atoms with Crippen LogP contribution in [0.5, 0.6) is 0 Å². The zero-order valence-electron chi connectivity index (χ0n) is 10.7. The van der Waals surface area contributed by atoms with Gasteiger partial charge in [0.1, 0.15) is 5.69 Å². The summed E-state index contributed by atoms with van der Waals surface area (Å²) in [5.41, 5.74) is 2.06. The molecule has 3 N–H and O–H groups in total. The smallest absolute Gasteiger partial charge is 0.238 e. The molecule has 0 saturated carbocycles. The molecule has 0 fully saturated rings. The highest BCUT2D eigenvalue weighted by molar-refractivity contribution is 7.89. The average molecular weight is 281 g/mol. The van der Waals surface area contributed by atoms with Crippen LogP contribution in [0.2, 0.25) is 0 Å². The molecule has 2 rings (SSSR count). The van der Waals surface area contributed by atoms with Crippen molar-refractivity contribution in [2.24, 2.45) is 12.2 Å². The van der Waals surface area contributed by atoms with E-state index in [1.54, 1.807) is 37.0 Å². The van der Waals surface area contributed by atoms with Gasteiger partial charge >= 0.3 is 0 Å². The number of sulfonamides is 1. The minimum atomic E-state index is -3.71. The fourth-order valence-electron chi connectivity index (χ4n) is 1.78. The molecule has 0 bridgehead atoms. The second-order valence-electron chi connectivity index (χ2n) is 4.21. The molecule has 0 radical (unpaired) electrons. The predicted molar refractivity (Wildman–Crippen MR) is 70.9 cm³/mol. The molecule has 1 heterocycles. The van der Waals surface area contributed by atoms with Crippen molar-refractivity contribution in [3.8, 4) is 0 Å². The highest BCUT2D eigenvalue weighted by atomic mass is 32.2. The molecule has 0 aliphatic carbocycles. The van der Waals surface area contributed by atoms with Crippen LogP contribution < -0.4 is 10.5 Å². The number of aromatic nitrogens is 3. The molecular formula is C11H15N5O2S. The number of nitrogens with zero attached hydrogens (tertiary/aromatic N) is 3. The number of nitrogens with two attached hydrogens (primary N) is 1. The van der Waals surface area contributed by atoms with Crippen molar-refractivity contribution in [3.05, 3.63) is 35.7 Å². The Labute approximate surface area is 111 Å². The van der Waals surface area contributed by atoms with Gasteiger partial charge in [-0.25, -0.2) is 13.6 Å². The molecule has 19 heavy (non-hydrogen) atoms. The minimum Gasteiger partial charge on any atom is -0.379 e. The summed E-state index contributed by atoms with van der Waals surface area (Å²) in [5.74, 6) is 0. The van der Waals surface area contributed by atoms with Crippen LogP contribution in [-0.2, 0) is 23.6 Å². The Morgan fingerprint density at radius 3 is 2.74 bits per heavy atom. The van der Waals surface area contributed by atoms with Crippen molar-refractivity contribution in [3.63, 3.8) is 0 Å². The van der Waals surface area contributed by atoms with Gasteiger partial charge < -0.3 is 5.32 Å². The lowest BCUT2D eigenvalue weighted by Crippen LogP contribution is -2.14. The van der Waals surface area contributed by atoms with Crippen LogP contribution in [0.25, 0.3) is 0 Å². The van der Waals surface area contributed by atoms with Crippen molar-refractivity contribution in [2.75, 3.05) is 5.32 Å². The molecule has 2 aromatic rings. The van der Waals surface area contributed by atoms with Crippen LogP contribution in [0.4, 0.5) is 5.69 Å². The highest BCUT2D eigenvalue weighted by Crippen LogP contribution is 2.22. The molecule has 0 atom stereocenters. The van der Waals surface area contributed by atoms with E-state index in [2.05, 4.69) is 15.6 Å². The lowest BCUT2D eigenvalue weighted by atomic mass is 10.2. The van der Waals surface area contributed by atoms with E-state index >= 15 is 0 Å². The molecule has 0 aliphatic heterocycles. The summed E-state index contributed by atoms with van der Waals surface area (Å²) >= 11 is 0. The highest BCUT2D eigenvalue weighted by Gasteiger charge is 2.13. The van der Waals surface area contributed by atoms with Crippen molar-refractivity contribution < 1.29 is 8.42 Å². The van der Waals surface area contributed by atoms with Crippen LogP contribution in [0.15, 0.2) is 29.3 Å². The number of aryl methyl sites for hydroxylation is 1. The van der Waals surface area contributed by atoms with E-state index in [1.165, 1.54) is 6.07 Å². The first-order valence-electron chi connectivity index (χ1n) is 5.59. The number of benzene rings is 1. The van der Waals surface area contributed by atoms with Gasteiger partial charge in [-0.1, -0.05) is 11.3 Å². The second-order valence-corrected chi connectivity index (χ2v) is 5.74. The lowest BCUT2D eigenvalue weighted by molar-refractivity contribution is 0.597. The van der Waals surface area contributed by atoms with Gasteiger partial charge in [-0.2, -0.15) is 0 Å². The first-order chi connectivity index (χ1) is 8.88. The van der Waals surface area contributed by atoms with E-state index in [4.69, 9.17) is 5.14 Å². The zero-order valence-corrected chi connectivity index (χ0v) is 11.5. The van der Waals surface area contributed by atoms with Gasteiger partial charge in [0, 0.05) is 18.9 Å². The van der Waals surface area contributed by atoms with Crippen molar-refractivity contribution in [2.45, 2.75) is 18.4 Å². The topological polar surface area (TPSA) is 103 Å². The molecule has 8 heteroatoms. The third-order valence-corrected chi connectivity index (χ3v) is 3.76. The van der Waals surface area contributed by atoms with Gasteiger partial charge in [-0.05, 0) is 24.6 Å². The number of primary sulfonamides is 1. The van der Waals surface area contributed by atoms with E-state index in [0.717, 1.165) is 5.69 Å². The van der Waals surface area contributed by atoms with Crippen LogP contribution in [0, 0.1) is 6.92 Å². The van der Waals surface area contributed by atoms with E-state index in [0.29, 0.717) is 17.8 Å². The second kappa shape index (κ2) is 4.98. The van der Waals surface area contributed by atoms with Crippen LogP contribution in [0.3, 0.4) is 0 Å². The maximum atomic E-state index is 11.4. The number of hydrogen-bond donors (Lipinski definition) is 2. The maximum absolute atomic E-state index is 11.4. The van der Waals surface area contributed by atoms with E-state index < -0.39 is 10.0 Å². The Morgan fingerprint density at radius 1 is 1.42 bits per heavy atom. The Bertz CT molecular complexity index is 693. The average Bonchev–Trinajstić information content (AvgIpc) is 2.72. The Hall–Kier alpha value is -1.93. The first kappa shape index (κ1) is 13.5. The third kappa shape index (κ3) is 3.09. The fourth-order valence-corrected chi connectivity index (χ4v) is 2.58. The number of nitrogens with one attached hydrogen (secondary N) is 1. The summed E-state index contributed by atoms with van der Waals surface area (Å²) in [5, 5.41) is 16.0. The normalized spacial score (nSPS) is 11.5. The summed E-state index contributed by atoms with van der Waals surface area (Å²) in [6.07, 6.45) is 1.78. The van der Waals surface area contributed by atoms with Crippen LogP contribution in [0.1, 0.15) is 11.3 Å². The zero-order chi connectivity index (χ0) is 14.0.